The number of nitrogens with one attached hydrogen (secondary N) is 1. The zero-order chi connectivity index (χ0) is 21.1. The van der Waals surface area contributed by atoms with Crippen LogP contribution in [0.25, 0.3) is 0 Å². The predicted octanol–water partition coefficient (Wildman–Crippen LogP) is 3.12. The summed E-state index contributed by atoms with van der Waals surface area (Å²) in [6, 6.07) is 8.04. The highest BCUT2D eigenvalue weighted by molar-refractivity contribution is 5.96. The molecule has 2 aliphatic heterocycles. The maximum atomic E-state index is 13.3. The number of carbonyl (C=O) groups is 2. The number of H-pyrrole nitrogens is 1. The molecule has 2 aromatic rings. The second-order valence-corrected chi connectivity index (χ2v) is 8.59. The Bertz CT molecular complexity index is 901. The summed E-state index contributed by atoms with van der Waals surface area (Å²) in [6.07, 6.45) is 7.16. The summed E-state index contributed by atoms with van der Waals surface area (Å²) in [5.74, 6) is 0.101. The zero-order valence-corrected chi connectivity index (χ0v) is 17.9. The van der Waals surface area contributed by atoms with Crippen molar-refractivity contribution in [3.63, 3.8) is 0 Å². The molecule has 1 atom stereocenters. The highest BCUT2D eigenvalue weighted by atomic mass is 16.2. The van der Waals surface area contributed by atoms with Crippen LogP contribution in [-0.4, -0.2) is 72.1 Å². The summed E-state index contributed by atoms with van der Waals surface area (Å²) in [6.45, 7) is 3.47. The second kappa shape index (κ2) is 8.90. The smallest absolute Gasteiger partial charge is 0.256 e. The van der Waals surface area contributed by atoms with Gasteiger partial charge in [-0.15, -0.1) is 0 Å². The van der Waals surface area contributed by atoms with Crippen molar-refractivity contribution in [1.82, 2.24) is 20.0 Å². The van der Waals surface area contributed by atoms with Gasteiger partial charge in [0.2, 0.25) is 0 Å². The first-order valence-electron chi connectivity index (χ1n) is 10.9. The molecule has 0 aliphatic carbocycles. The fourth-order valence-electron chi connectivity index (χ4n) is 4.59. The quantitative estimate of drug-likeness (QED) is 0.842. The number of nitrogens with zero attached hydrogens (tertiary/aromatic N) is 4. The van der Waals surface area contributed by atoms with E-state index >= 15 is 0 Å². The lowest BCUT2D eigenvalue weighted by Gasteiger charge is -2.33. The number of piperidine rings is 2. The number of hydrogen-bond acceptors (Lipinski definition) is 4. The molecule has 2 fully saturated rings. The number of amides is 2. The van der Waals surface area contributed by atoms with Crippen LogP contribution >= 0.6 is 0 Å². The minimum atomic E-state index is -0.0589. The van der Waals surface area contributed by atoms with E-state index in [0.717, 1.165) is 49.4 Å². The van der Waals surface area contributed by atoms with E-state index in [1.165, 1.54) is 19.3 Å². The molecule has 1 aromatic carbocycles. The van der Waals surface area contributed by atoms with Crippen molar-refractivity contribution in [3.8, 4) is 0 Å². The van der Waals surface area contributed by atoms with Crippen molar-refractivity contribution in [2.75, 3.05) is 45.2 Å². The summed E-state index contributed by atoms with van der Waals surface area (Å²) >= 11 is 0. The minimum absolute atomic E-state index is 0.0589. The first-order valence-corrected chi connectivity index (χ1v) is 10.9. The molecular weight excluding hydrogens is 378 g/mol. The van der Waals surface area contributed by atoms with Crippen LogP contribution in [0.4, 0.5) is 5.69 Å². The molecule has 0 bridgehead atoms. The molecule has 7 nitrogen and oxygen atoms in total. The number of hydrogen-bond donors (Lipinski definition) is 1. The summed E-state index contributed by atoms with van der Waals surface area (Å²) in [5, 5.41) is 7.13. The third kappa shape index (κ3) is 4.20. The molecule has 1 unspecified atom stereocenters. The average Bonchev–Trinajstić information content (AvgIpc) is 3.28. The third-order valence-corrected chi connectivity index (χ3v) is 6.24. The van der Waals surface area contributed by atoms with E-state index in [2.05, 4.69) is 21.2 Å². The van der Waals surface area contributed by atoms with Crippen LogP contribution in [0.15, 0.2) is 30.5 Å². The van der Waals surface area contributed by atoms with Gasteiger partial charge in [-0.25, -0.2) is 0 Å². The predicted molar refractivity (Wildman–Crippen MR) is 117 cm³/mol. The van der Waals surface area contributed by atoms with E-state index in [-0.39, 0.29) is 17.7 Å². The number of aromatic nitrogens is 2. The van der Waals surface area contributed by atoms with Gasteiger partial charge in [0.15, 0.2) is 0 Å². The molecule has 7 heteroatoms. The molecular formula is C23H31N5O2. The molecule has 160 valence electrons. The highest BCUT2D eigenvalue weighted by Gasteiger charge is 2.30. The molecule has 1 aromatic heterocycles. The maximum absolute atomic E-state index is 13.3. The first-order chi connectivity index (χ1) is 14.5. The van der Waals surface area contributed by atoms with E-state index in [1.807, 2.05) is 23.1 Å². The second-order valence-electron chi connectivity index (χ2n) is 8.59. The third-order valence-electron chi connectivity index (χ3n) is 6.24. The van der Waals surface area contributed by atoms with Gasteiger partial charge >= 0.3 is 0 Å². The Hall–Kier alpha value is -2.83. The number of rotatable bonds is 4. The van der Waals surface area contributed by atoms with E-state index in [4.69, 9.17) is 0 Å². The molecule has 3 heterocycles. The lowest BCUT2D eigenvalue weighted by atomic mass is 9.92. The Morgan fingerprint density at radius 2 is 1.90 bits per heavy atom. The fraction of sp³-hybridized carbons (Fsp3) is 0.522. The van der Waals surface area contributed by atoms with Gasteiger partial charge in [-0.3, -0.25) is 14.7 Å². The standard InChI is InChI=1S/C23H31N5O2/c1-26(2)23(30)20-15-24-25-21(20)18-9-7-13-28(16-18)22(29)17-8-6-10-19(14-17)27-11-4-3-5-12-27/h6,8,10,14-15,18H,3-5,7,9,11-13,16H2,1-2H3,(H,24,25). The molecule has 0 radical (unpaired) electrons. The number of likely N-dealkylation sites (tertiary alicyclic amines) is 1. The summed E-state index contributed by atoms with van der Waals surface area (Å²) < 4.78 is 0. The highest BCUT2D eigenvalue weighted by Crippen LogP contribution is 2.30. The molecule has 2 aliphatic rings. The number of benzene rings is 1. The molecule has 1 N–H and O–H groups in total. The normalized spacial score (nSPS) is 19.6. The van der Waals surface area contributed by atoms with Gasteiger partial charge in [0.1, 0.15) is 0 Å². The van der Waals surface area contributed by atoms with Crippen molar-refractivity contribution >= 4 is 17.5 Å². The van der Waals surface area contributed by atoms with Gasteiger partial charge in [-0.05, 0) is 50.3 Å². The first kappa shape index (κ1) is 20.4. The summed E-state index contributed by atoms with van der Waals surface area (Å²) in [7, 11) is 3.48. The van der Waals surface area contributed by atoms with Crippen molar-refractivity contribution in [1.29, 1.82) is 0 Å². The Morgan fingerprint density at radius 3 is 2.67 bits per heavy atom. The summed E-state index contributed by atoms with van der Waals surface area (Å²) in [4.78, 5) is 31.6. The Labute approximate surface area is 178 Å². The lowest BCUT2D eigenvalue weighted by molar-refractivity contribution is 0.0705. The van der Waals surface area contributed by atoms with Crippen LogP contribution in [0.1, 0.15) is 64.4 Å². The van der Waals surface area contributed by atoms with E-state index in [9.17, 15) is 9.59 Å². The largest absolute Gasteiger partial charge is 0.372 e. The van der Waals surface area contributed by atoms with Gasteiger partial charge < -0.3 is 14.7 Å². The van der Waals surface area contributed by atoms with E-state index in [1.54, 1.807) is 25.2 Å². The van der Waals surface area contributed by atoms with Gasteiger partial charge in [0.25, 0.3) is 11.8 Å². The van der Waals surface area contributed by atoms with Gasteiger partial charge in [0, 0.05) is 57.4 Å². The number of anilines is 1. The molecule has 4 rings (SSSR count). The van der Waals surface area contributed by atoms with Crippen LogP contribution in [0.2, 0.25) is 0 Å². The maximum Gasteiger partial charge on any atom is 0.256 e. The van der Waals surface area contributed by atoms with Crippen LogP contribution in [0.3, 0.4) is 0 Å². The average molecular weight is 410 g/mol. The monoisotopic (exact) mass is 409 g/mol. The molecule has 0 spiro atoms. The number of aromatic amines is 1. The van der Waals surface area contributed by atoms with Crippen molar-refractivity contribution in [2.45, 2.75) is 38.0 Å². The minimum Gasteiger partial charge on any atom is -0.372 e. The SMILES string of the molecule is CN(C)C(=O)c1cn[nH]c1C1CCCN(C(=O)c2cccc(N3CCCCC3)c2)C1. The van der Waals surface area contributed by atoms with Crippen LogP contribution in [-0.2, 0) is 0 Å². The Morgan fingerprint density at radius 1 is 1.10 bits per heavy atom. The van der Waals surface area contributed by atoms with Crippen molar-refractivity contribution in [2.24, 2.45) is 0 Å². The van der Waals surface area contributed by atoms with Gasteiger partial charge in [0.05, 0.1) is 17.5 Å². The molecule has 30 heavy (non-hydrogen) atoms. The summed E-state index contributed by atoms with van der Waals surface area (Å²) in [5.41, 5.74) is 3.33. The van der Waals surface area contributed by atoms with Crippen LogP contribution in [0.5, 0.6) is 0 Å². The Balaban J connectivity index is 1.49. The van der Waals surface area contributed by atoms with Crippen molar-refractivity contribution < 1.29 is 9.59 Å². The van der Waals surface area contributed by atoms with E-state index < -0.39 is 0 Å². The molecule has 2 amide bonds. The zero-order valence-electron chi connectivity index (χ0n) is 17.9. The van der Waals surface area contributed by atoms with Crippen LogP contribution in [0, 0.1) is 0 Å². The van der Waals surface area contributed by atoms with Crippen molar-refractivity contribution in [3.05, 3.63) is 47.3 Å². The molecule has 0 saturated carbocycles. The van der Waals surface area contributed by atoms with Gasteiger partial charge in [-0.1, -0.05) is 6.07 Å². The topological polar surface area (TPSA) is 72.5 Å². The van der Waals surface area contributed by atoms with E-state index in [0.29, 0.717) is 12.1 Å². The fourth-order valence-corrected chi connectivity index (χ4v) is 4.59. The number of carbonyl (C=O) groups excluding carboxylic acids is 2. The van der Waals surface area contributed by atoms with Gasteiger partial charge in [-0.2, -0.15) is 5.10 Å². The van der Waals surface area contributed by atoms with Crippen LogP contribution < -0.4 is 4.90 Å². The molecule has 2 saturated heterocycles. The Kier molecular flexibility index (Phi) is 6.06. The lowest BCUT2D eigenvalue weighted by Crippen LogP contribution is -2.39.